The number of benzene rings is 4. The van der Waals surface area contributed by atoms with Gasteiger partial charge in [0.15, 0.2) is 0 Å². The van der Waals surface area contributed by atoms with Crippen LogP contribution in [0, 0.1) is 0 Å². The second-order valence-electron chi connectivity index (χ2n) is 9.37. The predicted octanol–water partition coefficient (Wildman–Crippen LogP) is -2.92. The van der Waals surface area contributed by atoms with E-state index in [0.29, 0.717) is 0 Å². The first-order chi connectivity index (χ1) is 23.1. The van der Waals surface area contributed by atoms with Crippen molar-refractivity contribution in [1.82, 2.24) is 0 Å². The van der Waals surface area contributed by atoms with E-state index in [1.807, 2.05) is 0 Å². The first-order valence-corrected chi connectivity index (χ1v) is 18.6. The van der Waals surface area contributed by atoms with Gasteiger partial charge < -0.3 is 28.7 Å². The van der Waals surface area contributed by atoms with Crippen LogP contribution in [0.15, 0.2) is 117 Å². The molecule has 0 aliphatic carbocycles. The van der Waals surface area contributed by atoms with Crippen molar-refractivity contribution < 1.29 is 154 Å². The molecule has 0 aliphatic heterocycles. The number of carboxylic acid groups (broad SMARTS) is 4. The molecule has 4 rings (SSSR count). The standard InChI is InChI=1S/2C14H10NO8S2.K.Na/c2*16-13(17)9-1-5-11(6-2-9)24(20,21)15-25(22,23)12-7-3-10(4-8-12)14(18)19;;/h2*1-8H,(H,16,17)(H,18,19);;/q2*-1;2*+1. The Bertz CT molecular complexity index is 2060. The van der Waals surface area contributed by atoms with Crippen LogP contribution in [-0.4, -0.2) is 78.0 Å². The minimum atomic E-state index is -4.61. The summed E-state index contributed by atoms with van der Waals surface area (Å²) < 4.78 is 102. The Morgan fingerprint density at radius 2 is 0.481 bits per heavy atom. The number of aromatic carboxylic acids is 4. The van der Waals surface area contributed by atoms with E-state index >= 15 is 0 Å². The van der Waals surface area contributed by atoms with Crippen molar-refractivity contribution in [3.05, 3.63) is 128 Å². The third-order valence-electron chi connectivity index (χ3n) is 5.99. The van der Waals surface area contributed by atoms with Crippen LogP contribution in [0.1, 0.15) is 41.4 Å². The molecular weight excluding hydrogens is 811 g/mol. The SMILES string of the molecule is O=C(O)c1ccc(S(=O)(=O)[N-]S(=O)(=O)c2ccc(C(=O)O)cc2)cc1.O=C(O)c1ccc(S(=O)(=O)[N-]S(=O)(=O)c2ccc(C(=O)O)cc2)cc1.[K+].[Na+]. The van der Waals surface area contributed by atoms with Crippen LogP contribution < -0.4 is 80.9 Å². The molecule has 18 nitrogen and oxygen atoms in total. The fourth-order valence-electron chi connectivity index (χ4n) is 3.51. The van der Waals surface area contributed by atoms with Crippen molar-refractivity contribution in [2.45, 2.75) is 19.6 Å². The molecule has 4 aromatic carbocycles. The summed E-state index contributed by atoms with van der Waals surface area (Å²) in [6, 6.07) is 15.4. The van der Waals surface area contributed by atoms with Gasteiger partial charge in [0, 0.05) is 19.6 Å². The molecule has 0 amide bonds. The van der Waals surface area contributed by atoms with Crippen molar-refractivity contribution in [1.29, 1.82) is 0 Å². The number of hydrogen-bond acceptors (Lipinski definition) is 12. The minimum absolute atomic E-state index is 0. The summed E-state index contributed by atoms with van der Waals surface area (Å²) in [6.07, 6.45) is 0. The molecule has 0 unspecified atom stereocenters. The molecule has 52 heavy (non-hydrogen) atoms. The monoisotopic (exact) mass is 830 g/mol. The van der Waals surface area contributed by atoms with Gasteiger partial charge in [-0.15, -0.1) is 0 Å². The molecule has 0 saturated heterocycles. The Balaban J connectivity index is 0.000000501. The normalized spacial score (nSPS) is 11.4. The first-order valence-electron chi connectivity index (χ1n) is 12.9. The molecule has 0 aliphatic rings. The van der Waals surface area contributed by atoms with Crippen molar-refractivity contribution in [3.8, 4) is 0 Å². The first kappa shape index (κ1) is 47.1. The van der Waals surface area contributed by atoms with E-state index in [-0.39, 0.29) is 103 Å². The van der Waals surface area contributed by atoms with Gasteiger partial charge in [-0.05, 0) is 97.1 Å². The molecule has 0 bridgehead atoms. The van der Waals surface area contributed by atoms with Crippen LogP contribution in [0.4, 0.5) is 0 Å². The van der Waals surface area contributed by atoms with Gasteiger partial charge in [-0.1, -0.05) is 0 Å². The van der Waals surface area contributed by atoms with Crippen molar-refractivity contribution in [3.63, 3.8) is 0 Å². The van der Waals surface area contributed by atoms with Gasteiger partial charge in [-0.3, -0.25) is 0 Å². The predicted molar refractivity (Wildman–Crippen MR) is 169 cm³/mol. The Kier molecular flexibility index (Phi) is 17.2. The van der Waals surface area contributed by atoms with Gasteiger partial charge in [0.2, 0.25) is 0 Å². The van der Waals surface area contributed by atoms with Crippen LogP contribution >= 0.6 is 0 Å². The summed E-state index contributed by atoms with van der Waals surface area (Å²) in [7, 11) is -18.4. The summed E-state index contributed by atoms with van der Waals surface area (Å²) in [5.74, 6) is -5.09. The van der Waals surface area contributed by atoms with Gasteiger partial charge in [0.05, 0.1) is 22.3 Å². The molecule has 0 fully saturated rings. The van der Waals surface area contributed by atoms with Gasteiger partial charge in [0.25, 0.3) is 0 Å². The van der Waals surface area contributed by atoms with Crippen molar-refractivity contribution in [2.75, 3.05) is 0 Å². The summed E-state index contributed by atoms with van der Waals surface area (Å²) in [6.45, 7) is 0. The maximum atomic E-state index is 12.1. The molecule has 0 aromatic heterocycles. The molecule has 24 heteroatoms. The molecule has 4 aromatic rings. The average molecular weight is 831 g/mol. The molecule has 0 radical (unpaired) electrons. The zero-order chi connectivity index (χ0) is 37.7. The summed E-state index contributed by atoms with van der Waals surface area (Å²) in [4.78, 5) is 41.0. The second kappa shape index (κ2) is 18.9. The fraction of sp³-hybridized carbons (Fsp3) is 0. The molecule has 0 heterocycles. The third-order valence-corrected chi connectivity index (χ3v) is 12.6. The Labute approximate surface area is 360 Å². The minimum Gasteiger partial charge on any atom is -0.478 e. The number of nitrogens with zero attached hydrogens (tertiary/aromatic N) is 2. The molecule has 264 valence electrons. The number of hydrogen-bond donors (Lipinski definition) is 4. The van der Waals surface area contributed by atoms with Crippen LogP contribution in [0.25, 0.3) is 8.25 Å². The average Bonchev–Trinajstić information content (AvgIpc) is 3.04. The van der Waals surface area contributed by atoms with E-state index in [0.717, 1.165) is 97.1 Å². The zero-order valence-electron chi connectivity index (χ0n) is 26.5. The summed E-state index contributed by atoms with van der Waals surface area (Å²) >= 11 is 0. The number of carboxylic acids is 4. The number of sulfonamides is 4. The molecule has 0 saturated carbocycles. The van der Waals surface area contributed by atoms with Gasteiger partial charge >= 0.3 is 105 Å². The van der Waals surface area contributed by atoms with E-state index in [4.69, 9.17) is 20.4 Å². The fourth-order valence-corrected chi connectivity index (χ4v) is 8.87. The van der Waals surface area contributed by atoms with Gasteiger partial charge in [-0.25, -0.2) is 52.8 Å². The van der Waals surface area contributed by atoms with Crippen molar-refractivity contribution in [2.24, 2.45) is 0 Å². The largest absolute Gasteiger partial charge is 1.00 e. The Morgan fingerprint density at radius 3 is 0.596 bits per heavy atom. The third kappa shape index (κ3) is 12.6. The number of rotatable bonds is 12. The van der Waals surface area contributed by atoms with Gasteiger partial charge in [-0.2, -0.15) is 0 Å². The summed E-state index contributed by atoms with van der Waals surface area (Å²) in [5, 5.41) is 35.1. The van der Waals surface area contributed by atoms with Crippen LogP contribution in [0.5, 0.6) is 0 Å². The van der Waals surface area contributed by atoms with E-state index in [9.17, 15) is 52.8 Å². The van der Waals surface area contributed by atoms with E-state index in [2.05, 4.69) is 8.25 Å². The van der Waals surface area contributed by atoms with Crippen LogP contribution in [0.3, 0.4) is 0 Å². The topological polar surface area (TPSA) is 314 Å². The maximum absolute atomic E-state index is 12.1. The van der Waals surface area contributed by atoms with Crippen molar-refractivity contribution >= 4 is 64.0 Å². The molecule has 0 atom stereocenters. The van der Waals surface area contributed by atoms with E-state index < -0.39 is 83.6 Å². The molecule has 0 spiro atoms. The Hall–Kier alpha value is -2.88. The molecular formula is C28H20KN2NaO16S4. The Morgan fingerprint density at radius 1 is 0.346 bits per heavy atom. The van der Waals surface area contributed by atoms with Gasteiger partial charge in [0.1, 0.15) is 40.1 Å². The van der Waals surface area contributed by atoms with E-state index in [1.165, 1.54) is 0 Å². The van der Waals surface area contributed by atoms with Crippen LogP contribution in [0.2, 0.25) is 0 Å². The molecule has 4 N–H and O–H groups in total. The smallest absolute Gasteiger partial charge is 0.478 e. The number of carbonyl (C=O) groups is 4. The van der Waals surface area contributed by atoms with Crippen LogP contribution in [-0.2, 0) is 40.1 Å². The maximum Gasteiger partial charge on any atom is 1.00 e. The van der Waals surface area contributed by atoms with E-state index in [1.54, 1.807) is 0 Å². The second-order valence-corrected chi connectivity index (χ2v) is 16.2. The summed E-state index contributed by atoms with van der Waals surface area (Å²) in [5.41, 5.74) is -0.700. The quantitative estimate of drug-likeness (QED) is 0.104. The zero-order valence-corrected chi connectivity index (χ0v) is 34.8.